The highest BCUT2D eigenvalue weighted by Gasteiger charge is 2.24. The first-order chi connectivity index (χ1) is 15.1. The average molecular weight is 491 g/mol. The van der Waals surface area contributed by atoms with Crippen molar-refractivity contribution in [2.75, 3.05) is 4.90 Å². The summed E-state index contributed by atoms with van der Waals surface area (Å²) >= 11 is 4.89. The molecule has 152 valence electrons. The minimum Gasteiger partial charge on any atom is -0.451 e. The van der Waals surface area contributed by atoms with Crippen LogP contribution in [-0.4, -0.2) is 10.9 Å². The Bertz CT molecular complexity index is 1480. The van der Waals surface area contributed by atoms with E-state index in [2.05, 4.69) is 20.9 Å². The Hall–Kier alpha value is -3.29. The van der Waals surface area contributed by atoms with E-state index in [9.17, 15) is 9.59 Å². The van der Waals surface area contributed by atoms with Crippen molar-refractivity contribution in [1.82, 2.24) is 4.98 Å². The number of benzene rings is 3. The van der Waals surface area contributed by atoms with E-state index in [4.69, 9.17) is 4.42 Å². The van der Waals surface area contributed by atoms with E-state index in [1.54, 1.807) is 29.2 Å². The van der Waals surface area contributed by atoms with Gasteiger partial charge in [-0.2, -0.15) is 0 Å². The van der Waals surface area contributed by atoms with Crippen molar-refractivity contribution in [2.24, 2.45) is 0 Å². The first-order valence-electron chi connectivity index (χ1n) is 9.53. The van der Waals surface area contributed by atoms with Gasteiger partial charge in [-0.15, -0.1) is 0 Å². The van der Waals surface area contributed by atoms with Gasteiger partial charge in [0.1, 0.15) is 5.58 Å². The Balaban J connectivity index is 1.62. The minimum atomic E-state index is -0.412. The number of rotatable bonds is 4. The monoisotopic (exact) mass is 490 g/mol. The molecule has 0 bridgehead atoms. The molecule has 0 atom stereocenters. The third-order valence-corrected chi connectivity index (χ3v) is 6.38. The van der Waals surface area contributed by atoms with E-state index < -0.39 is 5.91 Å². The molecule has 5 aromatic rings. The normalized spacial score (nSPS) is 11.1. The van der Waals surface area contributed by atoms with Crippen LogP contribution in [0.5, 0.6) is 0 Å². The van der Waals surface area contributed by atoms with Gasteiger partial charge in [-0.25, -0.2) is 4.98 Å². The second-order valence-electron chi connectivity index (χ2n) is 6.96. The Kier molecular flexibility index (Phi) is 5.13. The molecular weight excluding hydrogens is 476 g/mol. The summed E-state index contributed by atoms with van der Waals surface area (Å²) in [6.07, 6.45) is 0. The molecule has 0 radical (unpaired) electrons. The molecule has 3 aromatic carbocycles. The summed E-state index contributed by atoms with van der Waals surface area (Å²) in [5.41, 5.74) is 1.87. The van der Waals surface area contributed by atoms with Gasteiger partial charge in [-0.05, 0) is 35.9 Å². The van der Waals surface area contributed by atoms with Crippen LogP contribution in [0.15, 0.2) is 92.5 Å². The second-order valence-corrected chi connectivity index (χ2v) is 8.88. The largest absolute Gasteiger partial charge is 0.451 e. The van der Waals surface area contributed by atoms with Gasteiger partial charge in [0, 0.05) is 10.5 Å². The second kappa shape index (κ2) is 8.09. The minimum absolute atomic E-state index is 0.0138. The van der Waals surface area contributed by atoms with Crippen LogP contribution in [-0.2, 0) is 6.54 Å². The molecule has 7 heteroatoms. The van der Waals surface area contributed by atoms with Gasteiger partial charge in [-0.3, -0.25) is 14.5 Å². The maximum atomic E-state index is 13.5. The number of hydrogen-bond donors (Lipinski definition) is 0. The molecule has 1 amide bonds. The molecule has 0 fully saturated rings. The number of aromatic nitrogens is 1. The predicted octanol–water partition coefficient (Wildman–Crippen LogP) is 6.01. The lowest BCUT2D eigenvalue weighted by Gasteiger charge is -2.19. The van der Waals surface area contributed by atoms with Crippen molar-refractivity contribution >= 4 is 59.5 Å². The van der Waals surface area contributed by atoms with Crippen LogP contribution in [0.4, 0.5) is 5.13 Å². The number of nitrogens with zero attached hydrogens (tertiary/aromatic N) is 2. The molecule has 0 aliphatic carbocycles. The molecule has 5 nitrogen and oxygen atoms in total. The SMILES string of the molecule is O=C(c1cc(=O)c2ccccc2o1)N(Cc1ccccc1)c1nc2ccc(Br)cc2s1. The summed E-state index contributed by atoms with van der Waals surface area (Å²) in [6, 6.07) is 23.6. The highest BCUT2D eigenvalue weighted by molar-refractivity contribution is 9.10. The Labute approximate surface area is 189 Å². The van der Waals surface area contributed by atoms with Gasteiger partial charge in [0.15, 0.2) is 16.3 Å². The van der Waals surface area contributed by atoms with Crippen molar-refractivity contribution < 1.29 is 9.21 Å². The van der Waals surface area contributed by atoms with E-state index in [-0.39, 0.29) is 11.2 Å². The molecule has 0 unspecified atom stereocenters. The highest BCUT2D eigenvalue weighted by atomic mass is 79.9. The fourth-order valence-electron chi connectivity index (χ4n) is 3.34. The molecule has 0 N–H and O–H groups in total. The molecule has 0 spiro atoms. The molecular formula is C24H15BrN2O3S. The highest BCUT2D eigenvalue weighted by Crippen LogP contribution is 2.32. The van der Waals surface area contributed by atoms with Crippen molar-refractivity contribution in [3.05, 3.63) is 105 Å². The zero-order valence-corrected chi connectivity index (χ0v) is 18.5. The fraction of sp³-hybridized carbons (Fsp3) is 0.0417. The van der Waals surface area contributed by atoms with E-state index in [1.165, 1.54) is 17.4 Å². The maximum absolute atomic E-state index is 13.5. The summed E-state index contributed by atoms with van der Waals surface area (Å²) in [5.74, 6) is -0.426. The molecule has 0 saturated carbocycles. The standard InChI is InChI=1S/C24H15BrN2O3S/c25-16-10-11-18-22(12-16)31-24(26-18)27(14-15-6-2-1-3-7-15)23(29)21-13-19(28)17-8-4-5-9-20(17)30-21/h1-13H,14H2. The number of carbonyl (C=O) groups is 1. The maximum Gasteiger partial charge on any atom is 0.296 e. The summed E-state index contributed by atoms with van der Waals surface area (Å²) in [6.45, 7) is 0.303. The van der Waals surface area contributed by atoms with Crippen LogP contribution >= 0.6 is 27.3 Å². The number of halogens is 1. The zero-order valence-electron chi connectivity index (χ0n) is 16.1. The molecule has 5 rings (SSSR count). The van der Waals surface area contributed by atoms with E-state index >= 15 is 0 Å². The molecule has 2 heterocycles. The third-order valence-electron chi connectivity index (χ3n) is 4.84. The molecule has 31 heavy (non-hydrogen) atoms. The fourth-order valence-corrected chi connectivity index (χ4v) is 4.85. The number of amides is 1. The van der Waals surface area contributed by atoms with Crippen molar-refractivity contribution in [1.29, 1.82) is 0 Å². The Morgan fingerprint density at radius 2 is 1.77 bits per heavy atom. The summed E-state index contributed by atoms with van der Waals surface area (Å²) in [7, 11) is 0. The molecule has 0 aliphatic heterocycles. The van der Waals surface area contributed by atoms with Crippen molar-refractivity contribution in [3.8, 4) is 0 Å². The smallest absolute Gasteiger partial charge is 0.296 e. The van der Waals surface area contributed by atoms with E-state index in [0.717, 1.165) is 20.3 Å². The lowest BCUT2D eigenvalue weighted by atomic mass is 10.2. The van der Waals surface area contributed by atoms with Crippen molar-refractivity contribution in [3.63, 3.8) is 0 Å². The first-order valence-corrected chi connectivity index (χ1v) is 11.1. The molecule has 2 aromatic heterocycles. The lowest BCUT2D eigenvalue weighted by Crippen LogP contribution is -2.31. The zero-order chi connectivity index (χ0) is 21.4. The molecule has 0 aliphatic rings. The van der Waals surface area contributed by atoms with Gasteiger partial charge in [-0.1, -0.05) is 69.7 Å². The Morgan fingerprint density at radius 1 is 1.00 bits per heavy atom. The topological polar surface area (TPSA) is 63.4 Å². The van der Waals surface area contributed by atoms with Gasteiger partial charge < -0.3 is 4.42 Å². The van der Waals surface area contributed by atoms with Crippen LogP contribution in [0.25, 0.3) is 21.2 Å². The quantitative estimate of drug-likeness (QED) is 0.309. The van der Waals surface area contributed by atoms with Crippen molar-refractivity contribution in [2.45, 2.75) is 6.54 Å². The van der Waals surface area contributed by atoms with Crippen LogP contribution < -0.4 is 10.3 Å². The van der Waals surface area contributed by atoms with E-state index in [0.29, 0.717) is 22.6 Å². The number of fused-ring (bicyclic) bond motifs is 2. The van der Waals surface area contributed by atoms with Gasteiger partial charge >= 0.3 is 0 Å². The van der Waals surface area contributed by atoms with Crippen LogP contribution in [0, 0.1) is 0 Å². The van der Waals surface area contributed by atoms with Crippen LogP contribution in [0.1, 0.15) is 16.1 Å². The number of anilines is 1. The lowest BCUT2D eigenvalue weighted by molar-refractivity contribution is 0.0959. The number of hydrogen-bond acceptors (Lipinski definition) is 5. The summed E-state index contributed by atoms with van der Waals surface area (Å²) in [5, 5.41) is 0.983. The van der Waals surface area contributed by atoms with Gasteiger partial charge in [0.25, 0.3) is 5.91 Å². The Morgan fingerprint density at radius 3 is 2.61 bits per heavy atom. The molecule has 0 saturated heterocycles. The number of thiazole rings is 1. The summed E-state index contributed by atoms with van der Waals surface area (Å²) in [4.78, 5) is 32.3. The van der Waals surface area contributed by atoms with Gasteiger partial charge in [0.05, 0.1) is 22.1 Å². The summed E-state index contributed by atoms with van der Waals surface area (Å²) < 4.78 is 7.71. The van der Waals surface area contributed by atoms with Crippen LogP contribution in [0.2, 0.25) is 0 Å². The van der Waals surface area contributed by atoms with Crippen LogP contribution in [0.3, 0.4) is 0 Å². The predicted molar refractivity (Wildman–Crippen MR) is 127 cm³/mol. The first kappa shape index (κ1) is 19.7. The van der Waals surface area contributed by atoms with E-state index in [1.807, 2.05) is 48.5 Å². The van der Waals surface area contributed by atoms with Gasteiger partial charge in [0.2, 0.25) is 0 Å². The number of para-hydroxylation sites is 1. The average Bonchev–Trinajstić information content (AvgIpc) is 3.20. The third kappa shape index (κ3) is 3.89. The number of carbonyl (C=O) groups excluding carboxylic acids is 1.